The third-order valence-electron chi connectivity index (χ3n) is 6.41. The zero-order valence-electron chi connectivity index (χ0n) is 20.5. The molecule has 0 amide bonds. The Morgan fingerprint density at radius 2 is 1.47 bits per heavy atom. The van der Waals surface area contributed by atoms with Gasteiger partial charge in [0.25, 0.3) is 0 Å². The first-order valence-electron chi connectivity index (χ1n) is 11.4. The zero-order chi connectivity index (χ0) is 24.9. The number of alkyl halides is 3. The lowest BCUT2D eigenvalue weighted by molar-refractivity contribution is -0.137. The second-order valence-corrected chi connectivity index (χ2v) is 13.8. The summed E-state index contributed by atoms with van der Waals surface area (Å²) in [4.78, 5) is 0. The summed E-state index contributed by atoms with van der Waals surface area (Å²) in [6, 6.07) is 20.2. The summed E-state index contributed by atoms with van der Waals surface area (Å²) in [5.41, 5.74) is 1.56. The largest absolute Gasteiger partial charge is 0.418 e. The second kappa shape index (κ2) is 8.58. The topological polar surface area (TPSA) is 20.5 Å². The fraction of sp³-hybridized carbons (Fsp3) is 0.333. The van der Waals surface area contributed by atoms with Crippen LogP contribution in [0.2, 0.25) is 0 Å². The van der Waals surface area contributed by atoms with Gasteiger partial charge in [-0.3, -0.25) is 4.67 Å². The van der Waals surface area contributed by atoms with Crippen molar-refractivity contribution in [1.82, 2.24) is 9.24 Å². The normalized spacial score (nSPS) is 14.6. The van der Waals surface area contributed by atoms with E-state index < -0.39 is 24.1 Å². The van der Waals surface area contributed by atoms with Gasteiger partial charge < -0.3 is 4.57 Å². The van der Waals surface area contributed by atoms with Crippen LogP contribution in [0.5, 0.6) is 0 Å². The van der Waals surface area contributed by atoms with Gasteiger partial charge in [0.15, 0.2) is 0 Å². The Labute approximate surface area is 199 Å². The van der Waals surface area contributed by atoms with E-state index in [1.54, 1.807) is 6.07 Å². The van der Waals surface area contributed by atoms with Crippen molar-refractivity contribution in [2.45, 2.75) is 45.6 Å². The molecule has 3 aromatic carbocycles. The molecule has 4 rings (SSSR count). The Morgan fingerprint density at radius 3 is 2.09 bits per heavy atom. The molecule has 1 atom stereocenters. The number of aromatic nitrogens is 1. The van der Waals surface area contributed by atoms with E-state index in [-0.39, 0.29) is 5.69 Å². The van der Waals surface area contributed by atoms with Crippen molar-refractivity contribution >= 4 is 40.0 Å². The lowest BCUT2D eigenvalue weighted by atomic mass is 10.1. The summed E-state index contributed by atoms with van der Waals surface area (Å²) in [5, 5.41) is 2.80. The number of fused-ring (bicyclic) bond motifs is 3. The zero-order valence-corrected chi connectivity index (χ0v) is 21.4. The van der Waals surface area contributed by atoms with Gasteiger partial charge in [-0.1, -0.05) is 51.1 Å². The number of nitrogens with zero attached hydrogens (tertiary/aromatic N) is 3. The van der Waals surface area contributed by atoms with Crippen LogP contribution in [-0.2, 0) is 12.7 Å². The Kier molecular flexibility index (Phi) is 6.20. The maximum atomic E-state index is 13.9. The Morgan fingerprint density at radius 1 is 0.853 bits per heavy atom. The van der Waals surface area contributed by atoms with Crippen LogP contribution < -0.4 is 5.30 Å². The Hall–Kier alpha value is -2.56. The predicted octanol–water partition coefficient (Wildman–Crippen LogP) is 8.27. The third-order valence-corrected chi connectivity index (χ3v) is 10.9. The average Bonchev–Trinajstić information content (AvgIpc) is 3.09. The van der Waals surface area contributed by atoms with Gasteiger partial charge >= 0.3 is 6.18 Å². The predicted molar refractivity (Wildman–Crippen MR) is 139 cm³/mol. The van der Waals surface area contributed by atoms with Crippen LogP contribution in [0.4, 0.5) is 18.9 Å². The van der Waals surface area contributed by atoms with Gasteiger partial charge in [0.2, 0.25) is 0 Å². The summed E-state index contributed by atoms with van der Waals surface area (Å²) >= 11 is 0. The van der Waals surface area contributed by atoms with E-state index >= 15 is 0 Å². The SMILES string of the molecule is CCn1c2ccccc2c2cc(P(=Nc3ccccc3C(F)(F)F)(N(C)C)C(C)(C)C)ccc21. The quantitative estimate of drug-likeness (QED) is 0.267. The second-order valence-electron chi connectivity index (χ2n) is 9.70. The van der Waals surface area contributed by atoms with Crippen LogP contribution in [0, 0.1) is 0 Å². The summed E-state index contributed by atoms with van der Waals surface area (Å²) in [6.07, 6.45) is -4.47. The highest BCUT2D eigenvalue weighted by Gasteiger charge is 2.40. The number of hydrogen-bond acceptors (Lipinski definition) is 1. The summed E-state index contributed by atoms with van der Waals surface area (Å²) < 4.78 is 51.0. The molecule has 0 spiro atoms. The van der Waals surface area contributed by atoms with Crippen molar-refractivity contribution in [3.63, 3.8) is 0 Å². The number of aryl methyl sites for hydroxylation is 1. The molecule has 0 saturated carbocycles. The summed E-state index contributed by atoms with van der Waals surface area (Å²) in [6.45, 7) is 9.16. The van der Waals surface area contributed by atoms with Crippen LogP contribution in [-0.4, -0.2) is 28.5 Å². The van der Waals surface area contributed by atoms with E-state index in [9.17, 15) is 13.2 Å². The molecule has 34 heavy (non-hydrogen) atoms. The highest BCUT2D eigenvalue weighted by atomic mass is 31.2. The number of para-hydroxylation sites is 1. The van der Waals surface area contributed by atoms with Crippen LogP contribution in [0.3, 0.4) is 0 Å². The summed E-state index contributed by atoms with van der Waals surface area (Å²) in [7, 11) is 1.20. The van der Waals surface area contributed by atoms with Crippen molar-refractivity contribution in [2.75, 3.05) is 14.1 Å². The minimum absolute atomic E-state index is 0.0111. The molecule has 3 nitrogen and oxygen atoms in total. The number of benzene rings is 3. The van der Waals surface area contributed by atoms with Gasteiger partial charge in [-0.2, -0.15) is 13.2 Å². The maximum absolute atomic E-state index is 13.9. The molecule has 180 valence electrons. The first-order chi connectivity index (χ1) is 15.9. The van der Waals surface area contributed by atoms with Gasteiger partial charge in [-0.25, -0.2) is 4.74 Å². The van der Waals surface area contributed by atoms with Crippen LogP contribution in [0.1, 0.15) is 33.3 Å². The lowest BCUT2D eigenvalue weighted by Gasteiger charge is -2.42. The average molecular weight is 486 g/mol. The molecule has 7 heteroatoms. The van der Waals surface area contributed by atoms with Gasteiger partial charge in [0, 0.05) is 38.8 Å². The standard InChI is InChI=1S/C27H31F3N3P/c1-7-33-24-15-11-8-12-20(24)21-18-19(16-17-25(21)33)34(32(5)6,26(2,3)4)31-23-14-10-9-13-22(23)27(28,29)30/h8-18H,7H2,1-6H3. The molecule has 0 bridgehead atoms. The van der Waals surface area contributed by atoms with Gasteiger partial charge in [-0.15, -0.1) is 0 Å². The van der Waals surface area contributed by atoms with E-state index in [1.165, 1.54) is 12.1 Å². The number of hydrogen-bond donors (Lipinski definition) is 0. The molecule has 0 fully saturated rings. The minimum atomic E-state index is -4.47. The first kappa shape index (κ1) is 24.6. The molecular weight excluding hydrogens is 454 g/mol. The van der Waals surface area contributed by atoms with E-state index in [2.05, 4.69) is 62.6 Å². The number of halogens is 3. The first-order valence-corrected chi connectivity index (χ1v) is 13.1. The highest BCUT2D eigenvalue weighted by Crippen LogP contribution is 2.63. The fourth-order valence-corrected chi connectivity index (χ4v) is 9.16. The number of rotatable bonds is 4. The van der Waals surface area contributed by atoms with Crippen molar-refractivity contribution < 1.29 is 13.2 Å². The molecule has 1 unspecified atom stereocenters. The summed E-state index contributed by atoms with van der Waals surface area (Å²) in [5.74, 6) is 0. The smallest absolute Gasteiger partial charge is 0.341 e. The Bertz CT molecular complexity index is 1410. The molecule has 0 aliphatic carbocycles. The molecule has 0 aliphatic heterocycles. The minimum Gasteiger partial charge on any atom is -0.341 e. The molecule has 0 radical (unpaired) electrons. The lowest BCUT2D eigenvalue weighted by Crippen LogP contribution is -2.32. The van der Waals surface area contributed by atoms with Gasteiger partial charge in [0.05, 0.1) is 18.5 Å². The third kappa shape index (κ3) is 3.87. The van der Waals surface area contributed by atoms with E-state index in [0.717, 1.165) is 39.7 Å². The molecule has 0 aliphatic rings. The molecule has 0 N–H and O–H groups in total. The molecule has 4 aromatic rings. The molecule has 0 saturated heterocycles. The van der Waals surface area contributed by atoms with E-state index in [4.69, 9.17) is 4.74 Å². The van der Waals surface area contributed by atoms with Crippen molar-refractivity contribution in [3.05, 3.63) is 72.3 Å². The van der Waals surface area contributed by atoms with Crippen LogP contribution in [0.15, 0.2) is 71.5 Å². The maximum Gasteiger partial charge on any atom is 0.418 e. The van der Waals surface area contributed by atoms with Crippen LogP contribution >= 0.6 is 7.21 Å². The van der Waals surface area contributed by atoms with Gasteiger partial charge in [0.1, 0.15) is 0 Å². The van der Waals surface area contributed by atoms with Crippen molar-refractivity contribution in [1.29, 1.82) is 0 Å². The van der Waals surface area contributed by atoms with E-state index in [0.29, 0.717) is 0 Å². The molecule has 1 aromatic heterocycles. The fourth-order valence-electron chi connectivity index (χ4n) is 5.05. The van der Waals surface area contributed by atoms with E-state index in [1.807, 2.05) is 30.9 Å². The Balaban J connectivity index is 2.12. The molecule has 1 heterocycles. The monoisotopic (exact) mass is 485 g/mol. The van der Waals surface area contributed by atoms with Gasteiger partial charge in [-0.05, 0) is 57.4 Å². The van der Waals surface area contributed by atoms with Crippen molar-refractivity contribution in [3.8, 4) is 0 Å². The van der Waals surface area contributed by atoms with Crippen LogP contribution in [0.25, 0.3) is 21.8 Å². The van der Waals surface area contributed by atoms with Crippen molar-refractivity contribution in [2.24, 2.45) is 4.74 Å². The molecular formula is C27H31F3N3P. The highest BCUT2D eigenvalue weighted by molar-refractivity contribution is 7.73.